The van der Waals surface area contributed by atoms with E-state index in [4.69, 9.17) is 4.74 Å². The standard InChI is InChI=1S/C20H19F3N2O3/c1-24(2)9-10-28-19(27)18-14-5-3-4-6-15(14)25-12-13(7-8-16(18)25)17(26)11-20(21,22)23/h3-8,12H,9-11H2,1-2H3. The minimum atomic E-state index is -4.58. The molecule has 0 atom stereocenters. The fraction of sp³-hybridized carbons (Fsp3) is 0.300. The largest absolute Gasteiger partial charge is 0.461 e. The Labute approximate surface area is 159 Å². The molecule has 0 saturated heterocycles. The highest BCUT2D eigenvalue weighted by Crippen LogP contribution is 2.29. The average molecular weight is 392 g/mol. The molecule has 0 aliphatic heterocycles. The lowest BCUT2D eigenvalue weighted by Gasteiger charge is -2.10. The number of esters is 1. The molecule has 0 fully saturated rings. The quantitative estimate of drug-likeness (QED) is 0.471. The number of fused-ring (bicyclic) bond motifs is 3. The zero-order valence-corrected chi connectivity index (χ0v) is 15.4. The van der Waals surface area contributed by atoms with Crippen LogP contribution in [0.4, 0.5) is 13.2 Å². The number of benzene rings is 1. The number of pyridine rings is 1. The summed E-state index contributed by atoms with van der Waals surface area (Å²) < 4.78 is 44.6. The number of ketones is 1. The van der Waals surface area contributed by atoms with Gasteiger partial charge in [-0.15, -0.1) is 0 Å². The van der Waals surface area contributed by atoms with Gasteiger partial charge in [-0.2, -0.15) is 13.2 Å². The number of hydrogen-bond acceptors (Lipinski definition) is 4. The molecule has 0 saturated carbocycles. The number of Topliss-reactive ketones (excluding diaryl/α,β-unsaturated/α-hetero) is 1. The first-order valence-corrected chi connectivity index (χ1v) is 8.62. The Balaban J connectivity index is 2.04. The zero-order chi connectivity index (χ0) is 20.5. The average Bonchev–Trinajstić information content (AvgIpc) is 2.93. The number of likely N-dealkylation sites (N-methyl/N-ethyl adjacent to an activating group) is 1. The second kappa shape index (κ2) is 7.63. The number of aromatic nitrogens is 1. The molecule has 0 aliphatic rings. The summed E-state index contributed by atoms with van der Waals surface area (Å²) in [4.78, 5) is 26.5. The summed E-state index contributed by atoms with van der Waals surface area (Å²) in [6.07, 6.45) is -4.77. The van der Waals surface area contributed by atoms with Crippen LogP contribution < -0.4 is 0 Å². The predicted molar refractivity (Wildman–Crippen MR) is 98.7 cm³/mol. The highest BCUT2D eigenvalue weighted by atomic mass is 19.4. The molecule has 0 radical (unpaired) electrons. The Morgan fingerprint density at radius 2 is 1.79 bits per heavy atom. The molecule has 3 aromatic rings. The molecular formula is C20H19F3N2O3. The first-order chi connectivity index (χ1) is 13.2. The summed E-state index contributed by atoms with van der Waals surface area (Å²) >= 11 is 0. The van der Waals surface area contributed by atoms with Gasteiger partial charge in [-0.3, -0.25) is 4.79 Å². The number of ether oxygens (including phenoxy) is 1. The SMILES string of the molecule is CN(C)CCOC(=O)c1c2ccccc2n2cc(C(=O)CC(F)(F)F)ccc12. The number of alkyl halides is 3. The predicted octanol–water partition coefficient (Wildman–Crippen LogP) is 3.95. The van der Waals surface area contributed by atoms with Crippen LogP contribution in [0.25, 0.3) is 16.4 Å². The highest BCUT2D eigenvalue weighted by Gasteiger charge is 2.32. The van der Waals surface area contributed by atoms with Crippen molar-refractivity contribution in [2.75, 3.05) is 27.2 Å². The fourth-order valence-electron chi connectivity index (χ4n) is 2.99. The second-order valence-electron chi connectivity index (χ2n) is 6.72. The van der Waals surface area contributed by atoms with Crippen LogP contribution in [-0.2, 0) is 4.74 Å². The molecular weight excluding hydrogens is 373 g/mol. The maximum atomic E-state index is 12.7. The molecule has 3 rings (SSSR count). The van der Waals surface area contributed by atoms with Crippen molar-refractivity contribution in [3.05, 3.63) is 53.7 Å². The van der Waals surface area contributed by atoms with E-state index < -0.39 is 24.3 Å². The van der Waals surface area contributed by atoms with Crippen molar-refractivity contribution >= 4 is 28.2 Å². The van der Waals surface area contributed by atoms with Gasteiger partial charge in [-0.05, 0) is 32.3 Å². The van der Waals surface area contributed by atoms with Crippen molar-refractivity contribution in [1.82, 2.24) is 9.30 Å². The van der Waals surface area contributed by atoms with Crippen LogP contribution in [0.2, 0.25) is 0 Å². The van der Waals surface area contributed by atoms with Crippen LogP contribution in [-0.4, -0.2) is 54.5 Å². The van der Waals surface area contributed by atoms with Crippen molar-refractivity contribution in [3.63, 3.8) is 0 Å². The number of nitrogens with zero attached hydrogens (tertiary/aromatic N) is 2. The van der Waals surface area contributed by atoms with Gasteiger partial charge >= 0.3 is 12.1 Å². The summed E-state index contributed by atoms with van der Waals surface area (Å²) in [7, 11) is 3.72. The molecule has 0 unspecified atom stereocenters. The zero-order valence-electron chi connectivity index (χ0n) is 15.4. The van der Waals surface area contributed by atoms with E-state index in [1.54, 1.807) is 28.7 Å². The summed E-state index contributed by atoms with van der Waals surface area (Å²) in [5.74, 6) is -1.54. The molecule has 2 heterocycles. The van der Waals surface area contributed by atoms with Gasteiger partial charge in [0.25, 0.3) is 0 Å². The molecule has 28 heavy (non-hydrogen) atoms. The van der Waals surface area contributed by atoms with Gasteiger partial charge in [-0.25, -0.2) is 4.79 Å². The van der Waals surface area contributed by atoms with Crippen LogP contribution in [0.5, 0.6) is 0 Å². The fourth-order valence-corrected chi connectivity index (χ4v) is 2.99. The third kappa shape index (κ3) is 4.17. The van der Waals surface area contributed by atoms with Crippen molar-refractivity contribution < 1.29 is 27.5 Å². The van der Waals surface area contributed by atoms with E-state index in [0.717, 1.165) is 0 Å². The van der Waals surface area contributed by atoms with Crippen LogP contribution in [0.3, 0.4) is 0 Å². The van der Waals surface area contributed by atoms with E-state index in [1.165, 1.54) is 18.3 Å². The van der Waals surface area contributed by atoms with Gasteiger partial charge in [0.15, 0.2) is 5.78 Å². The minimum Gasteiger partial charge on any atom is -0.461 e. The maximum absolute atomic E-state index is 12.7. The lowest BCUT2D eigenvalue weighted by molar-refractivity contribution is -0.125. The first-order valence-electron chi connectivity index (χ1n) is 8.62. The van der Waals surface area contributed by atoms with E-state index in [0.29, 0.717) is 28.5 Å². The number of halogens is 3. The molecule has 2 aromatic heterocycles. The van der Waals surface area contributed by atoms with Gasteiger partial charge in [0.05, 0.1) is 16.6 Å². The smallest absolute Gasteiger partial charge is 0.396 e. The minimum absolute atomic E-state index is 0.0712. The molecule has 0 N–H and O–H groups in total. The number of carbonyl (C=O) groups is 2. The number of rotatable bonds is 6. The van der Waals surface area contributed by atoms with Crippen LogP contribution in [0.15, 0.2) is 42.6 Å². The number of carbonyl (C=O) groups excluding carboxylic acids is 2. The van der Waals surface area contributed by atoms with E-state index in [2.05, 4.69) is 0 Å². The Bertz CT molecular complexity index is 1040. The Hall–Kier alpha value is -2.87. The monoisotopic (exact) mass is 392 g/mol. The molecule has 8 heteroatoms. The van der Waals surface area contributed by atoms with Crippen LogP contribution in [0, 0.1) is 0 Å². The third-order valence-corrected chi connectivity index (χ3v) is 4.30. The van der Waals surface area contributed by atoms with Gasteiger partial charge in [-0.1, -0.05) is 18.2 Å². The summed E-state index contributed by atoms with van der Waals surface area (Å²) in [6, 6.07) is 9.76. The molecule has 5 nitrogen and oxygen atoms in total. The van der Waals surface area contributed by atoms with Crippen LogP contribution >= 0.6 is 0 Å². The topological polar surface area (TPSA) is 51.0 Å². The van der Waals surface area contributed by atoms with E-state index in [9.17, 15) is 22.8 Å². The Kier molecular flexibility index (Phi) is 5.42. The molecule has 0 bridgehead atoms. The van der Waals surface area contributed by atoms with E-state index >= 15 is 0 Å². The summed E-state index contributed by atoms with van der Waals surface area (Å²) in [5.41, 5.74) is 1.33. The second-order valence-corrected chi connectivity index (χ2v) is 6.72. The maximum Gasteiger partial charge on any atom is 0.396 e. The van der Waals surface area contributed by atoms with Gasteiger partial charge < -0.3 is 14.0 Å². The molecule has 1 aromatic carbocycles. The summed E-state index contributed by atoms with van der Waals surface area (Å²) in [6.45, 7) is 0.769. The number of para-hydroxylation sites is 1. The molecule has 0 aliphatic carbocycles. The lowest BCUT2D eigenvalue weighted by atomic mass is 10.1. The molecule has 0 amide bonds. The third-order valence-electron chi connectivity index (χ3n) is 4.30. The highest BCUT2D eigenvalue weighted by molar-refractivity contribution is 6.12. The van der Waals surface area contributed by atoms with Crippen LogP contribution in [0.1, 0.15) is 27.1 Å². The van der Waals surface area contributed by atoms with Crippen molar-refractivity contribution in [2.24, 2.45) is 0 Å². The van der Waals surface area contributed by atoms with Crippen molar-refractivity contribution in [3.8, 4) is 0 Å². The lowest BCUT2D eigenvalue weighted by Crippen LogP contribution is -2.20. The van der Waals surface area contributed by atoms with Crippen molar-refractivity contribution in [1.29, 1.82) is 0 Å². The van der Waals surface area contributed by atoms with Gasteiger partial charge in [0, 0.05) is 23.7 Å². The van der Waals surface area contributed by atoms with E-state index in [1.807, 2.05) is 19.0 Å². The number of hydrogen-bond donors (Lipinski definition) is 0. The van der Waals surface area contributed by atoms with Gasteiger partial charge in [0.1, 0.15) is 13.0 Å². The van der Waals surface area contributed by atoms with Gasteiger partial charge in [0.2, 0.25) is 0 Å². The van der Waals surface area contributed by atoms with Crippen molar-refractivity contribution in [2.45, 2.75) is 12.6 Å². The normalized spacial score (nSPS) is 12.1. The Morgan fingerprint density at radius 1 is 1.07 bits per heavy atom. The first kappa shape index (κ1) is 19.9. The Morgan fingerprint density at radius 3 is 2.46 bits per heavy atom. The molecule has 0 spiro atoms. The summed E-state index contributed by atoms with van der Waals surface area (Å²) in [5, 5.41) is 0.609. The van der Waals surface area contributed by atoms with E-state index in [-0.39, 0.29) is 12.2 Å². The molecule has 148 valence electrons.